The summed E-state index contributed by atoms with van der Waals surface area (Å²) in [6.45, 7) is 10.4. The zero-order valence-corrected chi connectivity index (χ0v) is 13.4. The van der Waals surface area contributed by atoms with Crippen molar-refractivity contribution in [3.8, 4) is 5.75 Å². The molecule has 1 N–H and O–H groups in total. The highest BCUT2D eigenvalue weighted by Gasteiger charge is 2.08. The smallest absolute Gasteiger partial charge is 0.119 e. The van der Waals surface area contributed by atoms with Crippen molar-refractivity contribution in [3.05, 3.63) is 41.5 Å². The SMILES string of the molecule is CCCNCc1ccc(OCCN2CC=C(C)CC2)cc1. The Morgan fingerprint density at radius 2 is 2.05 bits per heavy atom. The maximum Gasteiger partial charge on any atom is 0.119 e. The van der Waals surface area contributed by atoms with Crippen LogP contribution in [0.2, 0.25) is 0 Å². The summed E-state index contributed by atoms with van der Waals surface area (Å²) in [6.07, 6.45) is 4.69. The molecule has 0 radical (unpaired) electrons. The van der Waals surface area contributed by atoms with Crippen LogP contribution >= 0.6 is 0 Å². The highest BCUT2D eigenvalue weighted by Crippen LogP contribution is 2.13. The van der Waals surface area contributed by atoms with Gasteiger partial charge in [-0.15, -0.1) is 0 Å². The second-order valence-corrected chi connectivity index (χ2v) is 5.77. The molecule has 0 saturated carbocycles. The molecule has 1 aromatic carbocycles. The van der Waals surface area contributed by atoms with Gasteiger partial charge in [-0.2, -0.15) is 0 Å². The van der Waals surface area contributed by atoms with Crippen LogP contribution in [0.4, 0.5) is 0 Å². The number of rotatable bonds is 8. The number of nitrogens with one attached hydrogen (secondary N) is 1. The standard InChI is InChI=1S/C18H28N2O/c1-3-10-19-15-17-4-6-18(7-5-17)21-14-13-20-11-8-16(2)9-12-20/h4-8,19H,3,9-15H2,1-2H3. The van der Waals surface area contributed by atoms with Crippen LogP contribution in [0.25, 0.3) is 0 Å². The predicted octanol–water partition coefficient (Wildman–Crippen LogP) is 3.22. The summed E-state index contributed by atoms with van der Waals surface area (Å²) >= 11 is 0. The molecular weight excluding hydrogens is 260 g/mol. The largest absolute Gasteiger partial charge is 0.492 e. The molecule has 0 spiro atoms. The fraction of sp³-hybridized carbons (Fsp3) is 0.556. The van der Waals surface area contributed by atoms with E-state index in [4.69, 9.17) is 4.74 Å². The van der Waals surface area contributed by atoms with E-state index in [0.29, 0.717) is 0 Å². The topological polar surface area (TPSA) is 24.5 Å². The molecule has 2 rings (SSSR count). The molecule has 0 atom stereocenters. The van der Waals surface area contributed by atoms with Gasteiger partial charge in [0.2, 0.25) is 0 Å². The lowest BCUT2D eigenvalue weighted by atomic mass is 10.1. The van der Waals surface area contributed by atoms with Crippen LogP contribution in [0.5, 0.6) is 5.75 Å². The lowest BCUT2D eigenvalue weighted by molar-refractivity contribution is 0.219. The molecule has 0 saturated heterocycles. The average Bonchev–Trinajstić information content (AvgIpc) is 2.51. The van der Waals surface area contributed by atoms with Crippen LogP contribution in [0, 0.1) is 0 Å². The average molecular weight is 288 g/mol. The van der Waals surface area contributed by atoms with Crippen molar-refractivity contribution in [2.45, 2.75) is 33.2 Å². The molecule has 0 amide bonds. The van der Waals surface area contributed by atoms with Crippen molar-refractivity contribution in [1.29, 1.82) is 0 Å². The minimum Gasteiger partial charge on any atom is -0.492 e. The van der Waals surface area contributed by atoms with Gasteiger partial charge in [0.25, 0.3) is 0 Å². The number of nitrogens with zero attached hydrogens (tertiary/aromatic N) is 1. The predicted molar refractivity (Wildman–Crippen MR) is 88.7 cm³/mol. The molecule has 0 unspecified atom stereocenters. The third-order valence-electron chi connectivity index (χ3n) is 3.88. The normalized spacial score (nSPS) is 15.8. The van der Waals surface area contributed by atoms with Crippen molar-refractivity contribution >= 4 is 0 Å². The van der Waals surface area contributed by atoms with E-state index in [1.807, 2.05) is 0 Å². The van der Waals surface area contributed by atoms with Gasteiger partial charge in [0, 0.05) is 26.2 Å². The first-order chi connectivity index (χ1) is 10.3. The molecule has 3 heteroatoms. The highest BCUT2D eigenvalue weighted by atomic mass is 16.5. The van der Waals surface area contributed by atoms with Crippen LogP contribution < -0.4 is 10.1 Å². The Balaban J connectivity index is 1.66. The van der Waals surface area contributed by atoms with Crippen LogP contribution in [-0.4, -0.2) is 37.7 Å². The van der Waals surface area contributed by atoms with E-state index in [-0.39, 0.29) is 0 Å². The van der Waals surface area contributed by atoms with Crippen molar-refractivity contribution in [3.63, 3.8) is 0 Å². The van der Waals surface area contributed by atoms with Gasteiger partial charge in [-0.1, -0.05) is 30.7 Å². The Hall–Kier alpha value is -1.32. The Kier molecular flexibility index (Phi) is 6.77. The van der Waals surface area contributed by atoms with E-state index < -0.39 is 0 Å². The maximum absolute atomic E-state index is 5.83. The van der Waals surface area contributed by atoms with Gasteiger partial charge in [-0.05, 0) is 44.0 Å². The monoisotopic (exact) mass is 288 g/mol. The van der Waals surface area contributed by atoms with Crippen LogP contribution in [0.15, 0.2) is 35.9 Å². The number of hydrogen-bond acceptors (Lipinski definition) is 3. The minimum absolute atomic E-state index is 0.764. The van der Waals surface area contributed by atoms with Gasteiger partial charge < -0.3 is 10.1 Å². The fourth-order valence-electron chi connectivity index (χ4n) is 2.42. The van der Waals surface area contributed by atoms with Gasteiger partial charge in [0.1, 0.15) is 12.4 Å². The quantitative estimate of drug-likeness (QED) is 0.587. The van der Waals surface area contributed by atoms with Crippen molar-refractivity contribution in [2.24, 2.45) is 0 Å². The molecular formula is C18H28N2O. The zero-order valence-electron chi connectivity index (χ0n) is 13.4. The molecule has 0 fully saturated rings. The first kappa shape index (κ1) is 16.1. The zero-order chi connectivity index (χ0) is 14.9. The Morgan fingerprint density at radius 1 is 1.24 bits per heavy atom. The lowest BCUT2D eigenvalue weighted by Crippen LogP contribution is -2.32. The molecule has 116 valence electrons. The van der Waals surface area contributed by atoms with Crippen LogP contribution in [0.1, 0.15) is 32.3 Å². The van der Waals surface area contributed by atoms with Gasteiger partial charge in [-0.3, -0.25) is 4.90 Å². The Labute approximate surface area is 129 Å². The Bertz CT molecular complexity index is 439. The fourth-order valence-corrected chi connectivity index (χ4v) is 2.42. The third-order valence-corrected chi connectivity index (χ3v) is 3.88. The molecule has 1 aromatic rings. The molecule has 21 heavy (non-hydrogen) atoms. The molecule has 0 aromatic heterocycles. The number of hydrogen-bond donors (Lipinski definition) is 1. The summed E-state index contributed by atoms with van der Waals surface area (Å²) in [6, 6.07) is 8.43. The summed E-state index contributed by atoms with van der Waals surface area (Å²) in [5.74, 6) is 0.970. The number of benzene rings is 1. The third kappa shape index (κ3) is 5.90. The van der Waals surface area contributed by atoms with E-state index in [2.05, 4.69) is 54.4 Å². The van der Waals surface area contributed by atoms with E-state index >= 15 is 0 Å². The van der Waals surface area contributed by atoms with E-state index in [9.17, 15) is 0 Å². The molecule has 1 heterocycles. The molecule has 1 aliphatic rings. The van der Waals surface area contributed by atoms with Gasteiger partial charge in [0.05, 0.1) is 0 Å². The van der Waals surface area contributed by atoms with E-state index in [1.165, 1.54) is 24.0 Å². The Morgan fingerprint density at radius 3 is 2.71 bits per heavy atom. The summed E-state index contributed by atoms with van der Waals surface area (Å²) < 4.78 is 5.83. The van der Waals surface area contributed by atoms with Gasteiger partial charge >= 0.3 is 0 Å². The van der Waals surface area contributed by atoms with E-state index in [1.54, 1.807) is 0 Å². The first-order valence-electron chi connectivity index (χ1n) is 8.08. The van der Waals surface area contributed by atoms with Crippen LogP contribution in [-0.2, 0) is 6.54 Å². The molecule has 3 nitrogen and oxygen atoms in total. The van der Waals surface area contributed by atoms with Crippen molar-refractivity contribution in [1.82, 2.24) is 10.2 Å². The summed E-state index contributed by atoms with van der Waals surface area (Å²) in [4.78, 5) is 2.44. The van der Waals surface area contributed by atoms with E-state index in [0.717, 1.165) is 45.1 Å². The van der Waals surface area contributed by atoms with Gasteiger partial charge in [0.15, 0.2) is 0 Å². The summed E-state index contributed by atoms with van der Waals surface area (Å²) in [5, 5.41) is 3.41. The van der Waals surface area contributed by atoms with Crippen molar-refractivity contribution < 1.29 is 4.74 Å². The molecule has 0 bridgehead atoms. The highest BCUT2D eigenvalue weighted by molar-refractivity contribution is 5.27. The van der Waals surface area contributed by atoms with Crippen molar-refractivity contribution in [2.75, 3.05) is 32.8 Å². The van der Waals surface area contributed by atoms with Crippen LogP contribution in [0.3, 0.4) is 0 Å². The molecule has 1 aliphatic heterocycles. The second kappa shape index (κ2) is 8.85. The number of ether oxygens (including phenoxy) is 1. The van der Waals surface area contributed by atoms with Gasteiger partial charge in [-0.25, -0.2) is 0 Å². The maximum atomic E-state index is 5.83. The summed E-state index contributed by atoms with van der Waals surface area (Å²) in [7, 11) is 0. The lowest BCUT2D eigenvalue weighted by Gasteiger charge is -2.25. The molecule has 0 aliphatic carbocycles. The summed E-state index contributed by atoms with van der Waals surface area (Å²) in [5.41, 5.74) is 2.83. The minimum atomic E-state index is 0.764. The first-order valence-corrected chi connectivity index (χ1v) is 8.08. The second-order valence-electron chi connectivity index (χ2n) is 5.77.